The molecule has 2 atom stereocenters. The van der Waals surface area contributed by atoms with Crippen LogP contribution in [0.4, 0.5) is 5.69 Å². The van der Waals surface area contributed by atoms with Crippen LogP contribution < -0.4 is 4.74 Å². The lowest BCUT2D eigenvalue weighted by Crippen LogP contribution is -2.27. The normalized spacial score (nSPS) is 12.5. The lowest BCUT2D eigenvalue weighted by atomic mass is 10.1. The molecule has 0 aliphatic carbocycles. The van der Waals surface area contributed by atoms with Gasteiger partial charge in [-0.3, -0.25) is 10.1 Å². The van der Waals surface area contributed by atoms with Crippen molar-refractivity contribution in [1.82, 2.24) is 0 Å². The van der Waals surface area contributed by atoms with Crippen molar-refractivity contribution in [3.8, 4) is 11.8 Å². The molecule has 0 fully saturated rings. The van der Waals surface area contributed by atoms with Gasteiger partial charge in [0.05, 0.1) is 16.6 Å². The summed E-state index contributed by atoms with van der Waals surface area (Å²) >= 11 is 0. The van der Waals surface area contributed by atoms with Crippen molar-refractivity contribution in [3.63, 3.8) is 0 Å². The van der Waals surface area contributed by atoms with E-state index in [2.05, 4.69) is 0 Å². The first-order valence-electron chi connectivity index (χ1n) is 7.52. The van der Waals surface area contributed by atoms with Crippen molar-refractivity contribution in [3.05, 3.63) is 69.8 Å². The molecule has 128 valence electrons. The van der Waals surface area contributed by atoms with Gasteiger partial charge < -0.3 is 9.47 Å². The number of carbonyl (C=O) groups is 1. The Kier molecular flexibility index (Phi) is 5.69. The Hall–Kier alpha value is -3.40. The molecule has 2 aromatic carbocycles. The molecule has 0 amide bonds. The van der Waals surface area contributed by atoms with Crippen LogP contribution in [0.15, 0.2) is 48.5 Å². The van der Waals surface area contributed by atoms with Crippen LogP contribution >= 0.6 is 0 Å². The molecule has 0 aromatic heterocycles. The van der Waals surface area contributed by atoms with Gasteiger partial charge in [-0.05, 0) is 43.7 Å². The lowest BCUT2D eigenvalue weighted by Gasteiger charge is -2.18. The number of nitro benzene ring substituents is 1. The number of rotatable bonds is 6. The van der Waals surface area contributed by atoms with Crippen molar-refractivity contribution < 1.29 is 19.2 Å². The molecular weight excluding hydrogens is 324 g/mol. The number of hydrogen-bond acceptors (Lipinski definition) is 6. The van der Waals surface area contributed by atoms with Crippen molar-refractivity contribution in [2.75, 3.05) is 0 Å². The molecule has 0 unspecified atom stereocenters. The molecule has 0 bridgehead atoms. The summed E-state index contributed by atoms with van der Waals surface area (Å²) in [6.07, 6.45) is -1.52. The quantitative estimate of drug-likeness (QED) is 0.453. The van der Waals surface area contributed by atoms with Gasteiger partial charge in [0.15, 0.2) is 6.10 Å². The Morgan fingerprint density at radius 2 is 1.88 bits per heavy atom. The summed E-state index contributed by atoms with van der Waals surface area (Å²) in [6, 6.07) is 14.3. The van der Waals surface area contributed by atoms with E-state index in [9.17, 15) is 14.9 Å². The number of nitriles is 1. The van der Waals surface area contributed by atoms with Crippen molar-refractivity contribution in [2.45, 2.75) is 26.1 Å². The monoisotopic (exact) mass is 340 g/mol. The summed E-state index contributed by atoms with van der Waals surface area (Å²) in [5.41, 5.74) is 0.942. The number of esters is 1. The largest absolute Gasteiger partial charge is 0.479 e. The fourth-order valence-corrected chi connectivity index (χ4v) is 2.09. The minimum atomic E-state index is -0.867. The van der Waals surface area contributed by atoms with E-state index in [1.54, 1.807) is 44.2 Å². The van der Waals surface area contributed by atoms with E-state index in [1.165, 1.54) is 18.2 Å². The zero-order valence-electron chi connectivity index (χ0n) is 13.7. The van der Waals surface area contributed by atoms with Crippen molar-refractivity contribution in [2.24, 2.45) is 0 Å². The SMILES string of the molecule is C[C@H](Oc1ccc(C#N)cc1)C(=O)O[C@H](C)c1cccc([N+](=O)[O-])c1. The maximum absolute atomic E-state index is 12.1. The van der Waals surface area contributed by atoms with Gasteiger partial charge in [0.2, 0.25) is 0 Å². The predicted octanol–water partition coefficient (Wildman–Crippen LogP) is 3.54. The van der Waals surface area contributed by atoms with Crippen LogP contribution in [-0.2, 0) is 9.53 Å². The fourth-order valence-electron chi connectivity index (χ4n) is 2.09. The highest BCUT2D eigenvalue weighted by Gasteiger charge is 2.21. The number of non-ortho nitro benzene ring substituents is 1. The third-order valence-corrected chi connectivity index (χ3v) is 3.47. The van der Waals surface area contributed by atoms with Gasteiger partial charge in [-0.1, -0.05) is 12.1 Å². The van der Waals surface area contributed by atoms with Crippen molar-refractivity contribution >= 4 is 11.7 Å². The molecule has 2 aromatic rings. The summed E-state index contributed by atoms with van der Waals surface area (Å²) < 4.78 is 10.8. The summed E-state index contributed by atoms with van der Waals surface area (Å²) in [5, 5.41) is 19.6. The molecule has 0 aliphatic heterocycles. The summed E-state index contributed by atoms with van der Waals surface area (Å²) in [6.45, 7) is 3.17. The summed E-state index contributed by atoms with van der Waals surface area (Å²) in [7, 11) is 0. The predicted molar refractivity (Wildman–Crippen MR) is 88.9 cm³/mol. The van der Waals surface area contributed by atoms with Gasteiger partial charge in [-0.25, -0.2) is 4.79 Å². The molecule has 0 radical (unpaired) electrons. The molecule has 0 saturated carbocycles. The second-order valence-electron chi connectivity index (χ2n) is 5.33. The van der Waals surface area contributed by atoms with Crippen LogP contribution in [0.1, 0.15) is 31.1 Å². The number of nitro groups is 1. The zero-order chi connectivity index (χ0) is 18.4. The molecule has 7 heteroatoms. The van der Waals surface area contributed by atoms with Gasteiger partial charge in [-0.2, -0.15) is 5.26 Å². The van der Waals surface area contributed by atoms with E-state index < -0.39 is 23.1 Å². The van der Waals surface area contributed by atoms with E-state index in [-0.39, 0.29) is 5.69 Å². The van der Waals surface area contributed by atoms with Crippen LogP contribution in [-0.4, -0.2) is 17.0 Å². The van der Waals surface area contributed by atoms with Crippen LogP contribution in [0.5, 0.6) is 5.75 Å². The van der Waals surface area contributed by atoms with E-state index in [0.717, 1.165) is 0 Å². The van der Waals surface area contributed by atoms with Gasteiger partial charge >= 0.3 is 5.97 Å². The Morgan fingerprint density at radius 3 is 2.48 bits per heavy atom. The molecule has 2 rings (SSSR count). The molecule has 0 spiro atoms. The first-order chi connectivity index (χ1) is 11.9. The molecule has 25 heavy (non-hydrogen) atoms. The minimum Gasteiger partial charge on any atom is -0.479 e. The molecule has 0 aliphatic rings. The highest BCUT2D eigenvalue weighted by molar-refractivity contribution is 5.75. The van der Waals surface area contributed by atoms with Crippen LogP contribution in [0, 0.1) is 21.4 Å². The van der Waals surface area contributed by atoms with E-state index in [4.69, 9.17) is 14.7 Å². The Morgan fingerprint density at radius 1 is 1.20 bits per heavy atom. The second-order valence-corrected chi connectivity index (χ2v) is 5.33. The first-order valence-corrected chi connectivity index (χ1v) is 7.52. The minimum absolute atomic E-state index is 0.0673. The number of benzene rings is 2. The van der Waals surface area contributed by atoms with Crippen LogP contribution in [0.2, 0.25) is 0 Å². The number of ether oxygens (including phenoxy) is 2. The summed E-state index contributed by atoms with van der Waals surface area (Å²) in [4.78, 5) is 22.4. The molecule has 0 heterocycles. The van der Waals surface area contributed by atoms with Gasteiger partial charge in [0.1, 0.15) is 11.9 Å². The third-order valence-electron chi connectivity index (χ3n) is 3.47. The average Bonchev–Trinajstić information content (AvgIpc) is 2.62. The molecule has 7 nitrogen and oxygen atoms in total. The number of hydrogen-bond donors (Lipinski definition) is 0. The average molecular weight is 340 g/mol. The van der Waals surface area contributed by atoms with Gasteiger partial charge in [0.25, 0.3) is 5.69 Å². The molecule has 0 saturated heterocycles. The maximum atomic E-state index is 12.1. The Balaban J connectivity index is 1.99. The highest BCUT2D eigenvalue weighted by Crippen LogP contribution is 2.23. The van der Waals surface area contributed by atoms with E-state index >= 15 is 0 Å². The van der Waals surface area contributed by atoms with Crippen LogP contribution in [0.25, 0.3) is 0 Å². The lowest BCUT2D eigenvalue weighted by molar-refractivity contribution is -0.385. The molecule has 0 N–H and O–H groups in total. The van der Waals surface area contributed by atoms with Crippen LogP contribution in [0.3, 0.4) is 0 Å². The van der Waals surface area contributed by atoms with Gasteiger partial charge in [0, 0.05) is 12.1 Å². The number of carbonyl (C=O) groups excluding carboxylic acids is 1. The smallest absolute Gasteiger partial charge is 0.347 e. The molecular formula is C18H16N2O5. The van der Waals surface area contributed by atoms with E-state index in [0.29, 0.717) is 16.9 Å². The maximum Gasteiger partial charge on any atom is 0.347 e. The number of nitrogens with zero attached hydrogens (tertiary/aromatic N) is 2. The Bertz CT molecular complexity index is 811. The van der Waals surface area contributed by atoms with Gasteiger partial charge in [-0.15, -0.1) is 0 Å². The fraction of sp³-hybridized carbons (Fsp3) is 0.222. The second kappa shape index (κ2) is 7.93. The topological polar surface area (TPSA) is 102 Å². The van der Waals surface area contributed by atoms with E-state index in [1.807, 2.05) is 6.07 Å². The third kappa shape index (κ3) is 4.78. The Labute approximate surface area is 144 Å². The first kappa shape index (κ1) is 17.9. The summed E-state index contributed by atoms with van der Waals surface area (Å²) in [5.74, 6) is -0.158. The highest BCUT2D eigenvalue weighted by atomic mass is 16.6. The van der Waals surface area contributed by atoms with Crippen molar-refractivity contribution in [1.29, 1.82) is 5.26 Å². The standard InChI is InChI=1S/C18H16N2O5/c1-12(15-4-3-5-16(10-15)20(22)23)25-18(21)13(2)24-17-8-6-14(11-19)7-9-17/h3-10,12-13H,1-2H3/t12-,13+/m1/s1. The zero-order valence-corrected chi connectivity index (χ0v) is 13.7.